The van der Waals surface area contributed by atoms with Crippen LogP contribution >= 0.6 is 15.9 Å². The lowest BCUT2D eigenvalue weighted by molar-refractivity contribution is -0.138. The number of hydrogen-bond donors (Lipinski definition) is 2. The van der Waals surface area contributed by atoms with Crippen LogP contribution in [0.3, 0.4) is 0 Å². The number of hydrogen-bond acceptors (Lipinski definition) is 2. The van der Waals surface area contributed by atoms with Gasteiger partial charge in [-0.25, -0.2) is 0 Å². The Morgan fingerprint density at radius 1 is 1.21 bits per heavy atom. The summed E-state index contributed by atoms with van der Waals surface area (Å²) in [6.07, 6.45) is -1.39. The Kier molecular flexibility index (Phi) is 4.73. The second kappa shape index (κ2) is 6.13. The van der Waals surface area contributed by atoms with E-state index in [1.54, 1.807) is 6.07 Å². The highest BCUT2D eigenvalue weighted by molar-refractivity contribution is 9.10. The summed E-state index contributed by atoms with van der Waals surface area (Å²) >= 11 is 2.95. The Labute approximate surface area is 118 Å². The van der Waals surface area contributed by atoms with Crippen LogP contribution in [0.4, 0.5) is 18.9 Å². The molecule has 2 N–H and O–H groups in total. The van der Waals surface area contributed by atoms with Gasteiger partial charge in [0.2, 0.25) is 0 Å². The summed E-state index contributed by atoms with van der Waals surface area (Å²) in [6.45, 7) is 1.88. The molecule has 0 aromatic heterocycles. The van der Waals surface area contributed by atoms with Crippen molar-refractivity contribution >= 4 is 21.6 Å². The van der Waals surface area contributed by atoms with Crippen molar-refractivity contribution in [1.82, 2.24) is 5.32 Å². The van der Waals surface area contributed by atoms with Crippen LogP contribution in [0.1, 0.15) is 24.8 Å². The molecule has 1 saturated heterocycles. The van der Waals surface area contributed by atoms with Gasteiger partial charge in [0.1, 0.15) is 0 Å². The molecule has 6 heteroatoms. The van der Waals surface area contributed by atoms with E-state index in [1.807, 2.05) is 0 Å². The van der Waals surface area contributed by atoms with E-state index in [2.05, 4.69) is 26.6 Å². The second-order valence-corrected chi connectivity index (χ2v) is 5.57. The van der Waals surface area contributed by atoms with Gasteiger partial charge in [-0.15, -0.1) is 0 Å². The van der Waals surface area contributed by atoms with Crippen LogP contribution in [-0.2, 0) is 6.18 Å². The monoisotopic (exact) mass is 336 g/mol. The van der Waals surface area contributed by atoms with Gasteiger partial charge >= 0.3 is 6.18 Å². The van der Waals surface area contributed by atoms with Gasteiger partial charge in [0.05, 0.1) is 5.56 Å². The normalized spacial score (nSPS) is 20.9. The molecule has 1 aliphatic heterocycles. The van der Waals surface area contributed by atoms with Gasteiger partial charge in [0.25, 0.3) is 0 Å². The third kappa shape index (κ3) is 4.11. The standard InChI is InChI=1S/C13H16BrF3N2/c14-12-4-3-10(8-11(12)13(15,16)17)19-9-2-1-6-18-7-5-9/h3-4,8-9,18-19H,1-2,5-7H2. The van der Waals surface area contributed by atoms with Crippen LogP contribution < -0.4 is 10.6 Å². The molecule has 0 bridgehead atoms. The molecular weight excluding hydrogens is 321 g/mol. The maximum Gasteiger partial charge on any atom is 0.417 e. The van der Waals surface area contributed by atoms with Crippen molar-refractivity contribution in [2.45, 2.75) is 31.5 Å². The van der Waals surface area contributed by atoms with E-state index in [0.29, 0.717) is 5.69 Å². The van der Waals surface area contributed by atoms with Gasteiger partial charge in [0.15, 0.2) is 0 Å². The lowest BCUT2D eigenvalue weighted by atomic mass is 10.1. The van der Waals surface area contributed by atoms with Crippen LogP contribution in [0.2, 0.25) is 0 Å². The summed E-state index contributed by atoms with van der Waals surface area (Å²) in [5.41, 5.74) is -0.105. The van der Waals surface area contributed by atoms with Crippen molar-refractivity contribution in [3.8, 4) is 0 Å². The van der Waals surface area contributed by atoms with Gasteiger partial charge in [-0.1, -0.05) is 15.9 Å². The summed E-state index contributed by atoms with van der Waals surface area (Å²) in [5, 5.41) is 6.48. The number of rotatable bonds is 2. The molecule has 1 atom stereocenters. The van der Waals surface area contributed by atoms with Crippen molar-refractivity contribution in [3.05, 3.63) is 28.2 Å². The van der Waals surface area contributed by atoms with Crippen molar-refractivity contribution in [3.63, 3.8) is 0 Å². The predicted octanol–water partition coefficient (Wildman–Crippen LogP) is 4.02. The van der Waals surface area contributed by atoms with Gasteiger partial charge in [-0.3, -0.25) is 0 Å². The topological polar surface area (TPSA) is 24.1 Å². The van der Waals surface area contributed by atoms with Crippen LogP contribution in [0, 0.1) is 0 Å². The summed E-state index contributed by atoms with van der Waals surface area (Å²) in [5.74, 6) is 0. The zero-order valence-corrected chi connectivity index (χ0v) is 11.9. The summed E-state index contributed by atoms with van der Waals surface area (Å²) < 4.78 is 38.5. The highest BCUT2D eigenvalue weighted by Crippen LogP contribution is 2.36. The number of alkyl halides is 3. The number of halogens is 4. The van der Waals surface area contributed by atoms with Crippen molar-refractivity contribution in [2.24, 2.45) is 0 Å². The first-order valence-electron chi connectivity index (χ1n) is 6.31. The average molecular weight is 337 g/mol. The Bertz CT molecular complexity index is 426. The summed E-state index contributed by atoms with van der Waals surface area (Å²) in [7, 11) is 0. The van der Waals surface area contributed by atoms with Gasteiger partial charge in [-0.2, -0.15) is 13.2 Å². The fourth-order valence-electron chi connectivity index (χ4n) is 2.23. The lowest BCUT2D eigenvalue weighted by Gasteiger charge is -2.19. The third-order valence-corrected chi connectivity index (χ3v) is 3.91. The Balaban J connectivity index is 2.12. The molecule has 1 fully saturated rings. The largest absolute Gasteiger partial charge is 0.417 e. The molecule has 19 heavy (non-hydrogen) atoms. The Morgan fingerprint density at radius 2 is 2.00 bits per heavy atom. The van der Waals surface area contributed by atoms with E-state index >= 15 is 0 Å². The quantitative estimate of drug-likeness (QED) is 0.852. The Hall–Kier alpha value is -0.750. The van der Waals surface area contributed by atoms with Gasteiger partial charge in [-0.05, 0) is 50.6 Å². The third-order valence-electron chi connectivity index (χ3n) is 3.22. The van der Waals surface area contributed by atoms with Crippen LogP contribution in [0.25, 0.3) is 0 Å². The molecule has 1 aromatic carbocycles. The molecule has 0 spiro atoms. The van der Waals surface area contributed by atoms with Gasteiger partial charge < -0.3 is 10.6 Å². The van der Waals surface area contributed by atoms with Crippen LogP contribution in [0.15, 0.2) is 22.7 Å². The van der Waals surface area contributed by atoms with E-state index in [4.69, 9.17) is 0 Å². The fourth-order valence-corrected chi connectivity index (χ4v) is 2.70. The highest BCUT2D eigenvalue weighted by atomic mass is 79.9. The minimum atomic E-state index is -4.33. The van der Waals surface area contributed by atoms with Crippen molar-refractivity contribution < 1.29 is 13.2 Å². The molecule has 0 radical (unpaired) electrons. The number of benzene rings is 1. The fraction of sp³-hybridized carbons (Fsp3) is 0.538. The maximum atomic E-state index is 12.8. The predicted molar refractivity (Wildman–Crippen MR) is 73.3 cm³/mol. The summed E-state index contributed by atoms with van der Waals surface area (Å²) in [6, 6.07) is 4.53. The first kappa shape index (κ1) is 14.7. The molecule has 1 aliphatic rings. The number of nitrogens with one attached hydrogen (secondary N) is 2. The first-order valence-corrected chi connectivity index (χ1v) is 7.10. The second-order valence-electron chi connectivity index (χ2n) is 4.71. The Morgan fingerprint density at radius 3 is 2.74 bits per heavy atom. The van der Waals surface area contributed by atoms with E-state index < -0.39 is 11.7 Å². The van der Waals surface area contributed by atoms with E-state index in [-0.39, 0.29) is 10.5 Å². The molecule has 0 saturated carbocycles. The molecule has 1 heterocycles. The molecule has 106 valence electrons. The lowest BCUT2D eigenvalue weighted by Crippen LogP contribution is -2.21. The molecule has 0 aliphatic carbocycles. The number of anilines is 1. The average Bonchev–Trinajstić information content (AvgIpc) is 2.59. The molecule has 2 nitrogen and oxygen atoms in total. The van der Waals surface area contributed by atoms with Gasteiger partial charge in [0, 0.05) is 16.2 Å². The maximum absolute atomic E-state index is 12.8. The minimum absolute atomic E-state index is 0.0769. The molecule has 0 amide bonds. The van der Waals surface area contributed by atoms with Crippen LogP contribution in [-0.4, -0.2) is 19.1 Å². The van der Waals surface area contributed by atoms with Crippen LogP contribution in [0.5, 0.6) is 0 Å². The SMILES string of the molecule is FC(F)(F)c1cc(NC2CCCNCC2)ccc1Br. The molecule has 2 rings (SSSR count). The van der Waals surface area contributed by atoms with Crippen molar-refractivity contribution in [2.75, 3.05) is 18.4 Å². The van der Waals surface area contributed by atoms with E-state index in [9.17, 15) is 13.2 Å². The van der Waals surface area contributed by atoms with Crippen molar-refractivity contribution in [1.29, 1.82) is 0 Å². The first-order chi connectivity index (χ1) is 8.97. The smallest absolute Gasteiger partial charge is 0.382 e. The zero-order valence-electron chi connectivity index (χ0n) is 10.4. The van der Waals surface area contributed by atoms with E-state index in [1.165, 1.54) is 12.1 Å². The highest BCUT2D eigenvalue weighted by Gasteiger charge is 2.33. The molecule has 1 aromatic rings. The summed E-state index contributed by atoms with van der Waals surface area (Å²) in [4.78, 5) is 0. The molecular formula is C13H16BrF3N2. The zero-order chi connectivity index (χ0) is 13.9. The minimum Gasteiger partial charge on any atom is -0.382 e. The van der Waals surface area contributed by atoms with E-state index in [0.717, 1.165) is 32.4 Å². The molecule has 1 unspecified atom stereocenters.